The average Bonchev–Trinajstić information content (AvgIpc) is 3.57. The maximum atomic E-state index is 9.60. The fraction of sp³-hybridized carbons (Fsp3) is 0.481. The number of aliphatic hydroxyl groups excluding tert-OH is 1. The Balaban J connectivity index is 1.37. The van der Waals surface area contributed by atoms with Crippen LogP contribution in [0.3, 0.4) is 0 Å². The summed E-state index contributed by atoms with van der Waals surface area (Å²) >= 11 is 2.28. The van der Waals surface area contributed by atoms with Crippen LogP contribution in [0.15, 0.2) is 18.5 Å². The number of pyridine rings is 1. The van der Waals surface area contributed by atoms with Crippen molar-refractivity contribution in [2.45, 2.75) is 58.8 Å². The quantitative estimate of drug-likeness (QED) is 0.129. The van der Waals surface area contributed by atoms with Crippen molar-refractivity contribution in [3.63, 3.8) is 0 Å². The molecule has 0 bridgehead atoms. The van der Waals surface area contributed by atoms with Crippen LogP contribution in [0.5, 0.6) is 11.8 Å². The van der Waals surface area contributed by atoms with Crippen molar-refractivity contribution in [2.24, 2.45) is 7.05 Å². The van der Waals surface area contributed by atoms with Gasteiger partial charge in [-0.3, -0.25) is 14.6 Å². The Labute approximate surface area is 248 Å². The second-order valence-corrected chi connectivity index (χ2v) is 11.9. The summed E-state index contributed by atoms with van der Waals surface area (Å²) < 4.78 is 17.8. The van der Waals surface area contributed by atoms with Crippen molar-refractivity contribution in [1.82, 2.24) is 39.0 Å². The van der Waals surface area contributed by atoms with Crippen molar-refractivity contribution in [3.8, 4) is 35.4 Å². The maximum absolute atomic E-state index is 9.60. The minimum atomic E-state index is -0.122. The van der Waals surface area contributed by atoms with Crippen molar-refractivity contribution in [2.75, 3.05) is 19.8 Å². The third-order valence-corrected chi connectivity index (χ3v) is 8.91. The number of aryl methyl sites for hydroxylation is 1. The zero-order chi connectivity index (χ0) is 28.4. The van der Waals surface area contributed by atoms with E-state index in [-0.39, 0.29) is 12.7 Å². The van der Waals surface area contributed by atoms with Crippen LogP contribution < -0.4 is 9.47 Å². The van der Waals surface area contributed by atoms with Gasteiger partial charge in [0.15, 0.2) is 0 Å². The lowest BCUT2D eigenvalue weighted by atomic mass is 10.1. The van der Waals surface area contributed by atoms with Gasteiger partial charge in [0.2, 0.25) is 11.8 Å². The molecule has 1 fully saturated rings. The van der Waals surface area contributed by atoms with Crippen molar-refractivity contribution < 1.29 is 14.6 Å². The Morgan fingerprint density at radius 1 is 1.32 bits per heavy atom. The van der Waals surface area contributed by atoms with Crippen LogP contribution in [0.4, 0.5) is 0 Å². The molecule has 11 nitrogen and oxygen atoms in total. The van der Waals surface area contributed by atoms with E-state index in [0.717, 1.165) is 52.8 Å². The van der Waals surface area contributed by atoms with E-state index in [9.17, 15) is 5.11 Å². The van der Waals surface area contributed by atoms with Gasteiger partial charge in [-0.15, -0.1) is 11.5 Å². The third kappa shape index (κ3) is 5.84. The third-order valence-electron chi connectivity index (χ3n) is 7.03. The predicted octanol–water partition coefficient (Wildman–Crippen LogP) is 3.93. The molecule has 1 N–H and O–H groups in total. The largest absolute Gasteiger partial charge is 0.477 e. The molecular formula is C27H34IN8O3P. The van der Waals surface area contributed by atoms with E-state index >= 15 is 0 Å². The molecule has 4 aromatic heterocycles. The van der Waals surface area contributed by atoms with Gasteiger partial charge >= 0.3 is 0 Å². The van der Waals surface area contributed by atoms with E-state index in [2.05, 4.69) is 55.1 Å². The molecule has 4 aromatic rings. The van der Waals surface area contributed by atoms with Gasteiger partial charge in [-0.25, -0.2) is 9.13 Å². The Hall–Kier alpha value is -2.72. The maximum Gasteiger partial charge on any atom is 0.236 e. The number of hydrogen-bond donors (Lipinski definition) is 1. The second-order valence-electron chi connectivity index (χ2n) is 9.91. The summed E-state index contributed by atoms with van der Waals surface area (Å²) in [7, 11) is 1.87. The van der Waals surface area contributed by atoms with Gasteiger partial charge in [0.25, 0.3) is 0 Å². The summed E-state index contributed by atoms with van der Waals surface area (Å²) in [4.78, 5) is 7.15. The van der Waals surface area contributed by atoms with Crippen LogP contribution in [0, 0.1) is 19.3 Å². The smallest absolute Gasteiger partial charge is 0.236 e. The number of halogens is 1. The number of aliphatic hydroxyl groups is 1. The highest BCUT2D eigenvalue weighted by atomic mass is 127. The zero-order valence-corrected chi connectivity index (χ0v) is 26.3. The lowest BCUT2D eigenvalue weighted by Gasteiger charge is -2.27. The first-order valence-electron chi connectivity index (χ1n) is 13.3. The van der Waals surface area contributed by atoms with Crippen LogP contribution in [-0.2, 0) is 20.1 Å². The standard InChI is InChI=1S/C27H34IN8O3P/c1-6-22-20-12-23(29-14-24(20)36(31-22)40-28)21-13-30-33(5)27(21)39-17(3)15-34(19-8-9-19)16-25-18(4)26(38-7-2)32-35(25)10-11-37/h1,12-14,17,19,37,40H,7-11,15-16H2,2-5H3. The first-order chi connectivity index (χ1) is 19.4. The number of fused-ring (bicyclic) bond motifs is 1. The molecular weight excluding hydrogens is 642 g/mol. The van der Waals surface area contributed by atoms with E-state index in [1.54, 1.807) is 10.9 Å². The topological polar surface area (TPSA) is 108 Å². The first-order valence-corrected chi connectivity index (χ1v) is 17.4. The SMILES string of the molecule is C#Cc1nn(PI)c2cnc(-c3cnn(C)c3OC(C)CN(Cc3c(C)c(OCC)nn3CCO)C3CC3)cc12. The minimum absolute atomic E-state index is 0.0216. The van der Waals surface area contributed by atoms with Gasteiger partial charge in [0.1, 0.15) is 11.8 Å². The summed E-state index contributed by atoms with van der Waals surface area (Å²) in [6, 6.07) is 2.46. The molecule has 1 aliphatic rings. The first kappa shape index (κ1) is 28.8. The van der Waals surface area contributed by atoms with Crippen LogP contribution in [0.25, 0.3) is 22.2 Å². The molecule has 0 saturated heterocycles. The van der Waals surface area contributed by atoms with Gasteiger partial charge in [-0.05, 0) is 67.6 Å². The molecule has 5 rings (SSSR count). The molecule has 40 heavy (non-hydrogen) atoms. The predicted molar refractivity (Wildman–Crippen MR) is 164 cm³/mol. The molecule has 4 heterocycles. The number of nitrogens with zero attached hydrogens (tertiary/aromatic N) is 8. The highest BCUT2D eigenvalue weighted by Crippen LogP contribution is 2.35. The van der Waals surface area contributed by atoms with Crippen LogP contribution in [0.1, 0.15) is 43.6 Å². The van der Waals surface area contributed by atoms with Crippen LogP contribution >= 0.6 is 28.4 Å². The number of ether oxygens (including phenoxy) is 2. The fourth-order valence-corrected chi connectivity index (χ4v) is 6.43. The van der Waals surface area contributed by atoms with E-state index in [1.807, 2.05) is 42.3 Å². The highest BCUT2D eigenvalue weighted by molar-refractivity contribution is 14.2. The minimum Gasteiger partial charge on any atom is -0.477 e. The summed E-state index contributed by atoms with van der Waals surface area (Å²) in [6.45, 7) is 8.49. The van der Waals surface area contributed by atoms with E-state index < -0.39 is 0 Å². The Morgan fingerprint density at radius 3 is 2.80 bits per heavy atom. The van der Waals surface area contributed by atoms with Crippen LogP contribution in [-0.4, -0.2) is 76.0 Å². The summed E-state index contributed by atoms with van der Waals surface area (Å²) in [5, 5.41) is 24.1. The lowest BCUT2D eigenvalue weighted by Crippen LogP contribution is -2.36. The monoisotopic (exact) mass is 676 g/mol. The second kappa shape index (κ2) is 12.4. The molecule has 2 unspecified atom stereocenters. The molecule has 212 valence electrons. The summed E-state index contributed by atoms with van der Waals surface area (Å²) in [6.07, 6.45) is 11.9. The van der Waals surface area contributed by atoms with Crippen molar-refractivity contribution >= 4 is 39.3 Å². The van der Waals surface area contributed by atoms with Crippen molar-refractivity contribution in [3.05, 3.63) is 35.4 Å². The normalized spacial score (nSPS) is 14.4. The Kier molecular flexibility index (Phi) is 8.95. The van der Waals surface area contributed by atoms with E-state index in [1.165, 1.54) is 0 Å². The number of aromatic nitrogens is 7. The summed E-state index contributed by atoms with van der Waals surface area (Å²) in [5.41, 5.74) is 5.13. The fourth-order valence-electron chi connectivity index (χ4n) is 4.92. The zero-order valence-electron chi connectivity index (χ0n) is 23.1. The number of hydrogen-bond acceptors (Lipinski definition) is 8. The van der Waals surface area contributed by atoms with E-state index in [0.29, 0.717) is 49.6 Å². The molecule has 0 aliphatic heterocycles. The van der Waals surface area contributed by atoms with Gasteiger partial charge in [0, 0.05) is 37.1 Å². The van der Waals surface area contributed by atoms with Gasteiger partial charge in [-0.2, -0.15) is 10.2 Å². The molecule has 0 radical (unpaired) electrons. The molecule has 0 spiro atoms. The lowest BCUT2D eigenvalue weighted by molar-refractivity contribution is 0.124. The number of rotatable bonds is 13. The molecule has 1 aliphatic carbocycles. The van der Waals surface area contributed by atoms with Gasteiger partial charge in [0.05, 0.1) is 61.0 Å². The van der Waals surface area contributed by atoms with Gasteiger partial charge < -0.3 is 14.6 Å². The molecule has 0 amide bonds. The summed E-state index contributed by atoms with van der Waals surface area (Å²) in [5.74, 6) is 3.98. The molecule has 2 atom stereocenters. The number of terminal acetylenes is 1. The molecule has 13 heteroatoms. The molecule has 0 aromatic carbocycles. The average molecular weight is 676 g/mol. The highest BCUT2D eigenvalue weighted by Gasteiger charge is 2.32. The van der Waals surface area contributed by atoms with Crippen LogP contribution in [0.2, 0.25) is 0 Å². The Morgan fingerprint density at radius 2 is 2.12 bits per heavy atom. The van der Waals surface area contributed by atoms with Crippen molar-refractivity contribution in [1.29, 1.82) is 0 Å². The van der Waals surface area contributed by atoms with E-state index in [4.69, 9.17) is 20.9 Å². The Bertz CT molecular complexity index is 1540. The molecule has 1 saturated carbocycles. The van der Waals surface area contributed by atoms with Gasteiger partial charge in [-0.1, -0.05) is 0 Å².